The summed E-state index contributed by atoms with van der Waals surface area (Å²) in [6.45, 7) is 7.01. The van der Waals surface area contributed by atoms with E-state index in [1.807, 2.05) is 68.1 Å². The maximum absolute atomic E-state index is 12.6. The van der Waals surface area contributed by atoms with Crippen molar-refractivity contribution in [3.05, 3.63) is 60.2 Å². The predicted molar refractivity (Wildman–Crippen MR) is 119 cm³/mol. The monoisotopic (exact) mass is 411 g/mol. The second-order valence-corrected chi connectivity index (χ2v) is 9.05. The van der Waals surface area contributed by atoms with Crippen molar-refractivity contribution >= 4 is 28.9 Å². The number of ether oxygens (including phenoxy) is 1. The first-order chi connectivity index (χ1) is 13.9. The molecule has 29 heavy (non-hydrogen) atoms. The van der Waals surface area contributed by atoms with Crippen molar-refractivity contribution in [1.29, 1.82) is 0 Å². The SMILES string of the molecule is CC(C)(C)OC(=O)N(CCCSc1nc2ccccc2[nH]1)CCc1ccccc1. The van der Waals surface area contributed by atoms with Crippen LogP contribution in [-0.4, -0.2) is 45.4 Å². The Labute approximate surface area is 176 Å². The number of aromatic nitrogens is 2. The molecule has 0 radical (unpaired) electrons. The Kier molecular flexibility index (Phi) is 7.20. The largest absolute Gasteiger partial charge is 0.444 e. The molecular formula is C23H29N3O2S. The van der Waals surface area contributed by atoms with Gasteiger partial charge in [-0.15, -0.1) is 0 Å². The number of para-hydroxylation sites is 2. The van der Waals surface area contributed by atoms with E-state index in [-0.39, 0.29) is 6.09 Å². The maximum atomic E-state index is 12.6. The number of nitrogens with one attached hydrogen (secondary N) is 1. The lowest BCUT2D eigenvalue weighted by Crippen LogP contribution is -2.38. The molecular weight excluding hydrogens is 382 g/mol. The number of carbonyl (C=O) groups is 1. The molecule has 0 aliphatic carbocycles. The molecule has 0 unspecified atom stereocenters. The zero-order valence-electron chi connectivity index (χ0n) is 17.4. The Morgan fingerprint density at radius 2 is 1.79 bits per heavy atom. The van der Waals surface area contributed by atoms with E-state index in [4.69, 9.17) is 4.74 Å². The maximum Gasteiger partial charge on any atom is 0.410 e. The summed E-state index contributed by atoms with van der Waals surface area (Å²) in [5.41, 5.74) is 2.75. The van der Waals surface area contributed by atoms with Gasteiger partial charge in [0.05, 0.1) is 11.0 Å². The van der Waals surface area contributed by atoms with Gasteiger partial charge in [-0.3, -0.25) is 0 Å². The van der Waals surface area contributed by atoms with Gasteiger partial charge >= 0.3 is 6.09 Å². The number of aromatic amines is 1. The Balaban J connectivity index is 1.53. The van der Waals surface area contributed by atoms with Crippen molar-refractivity contribution in [2.45, 2.75) is 44.4 Å². The van der Waals surface area contributed by atoms with E-state index in [1.165, 1.54) is 5.56 Å². The number of imidazole rings is 1. The van der Waals surface area contributed by atoms with Gasteiger partial charge in [-0.2, -0.15) is 0 Å². The van der Waals surface area contributed by atoms with Crippen LogP contribution in [0.2, 0.25) is 0 Å². The number of nitrogens with zero attached hydrogens (tertiary/aromatic N) is 2. The van der Waals surface area contributed by atoms with Gasteiger partial charge in [-0.05, 0) is 51.3 Å². The summed E-state index contributed by atoms with van der Waals surface area (Å²) in [4.78, 5) is 22.4. The molecule has 0 bridgehead atoms. The first-order valence-electron chi connectivity index (χ1n) is 10.0. The normalized spacial score (nSPS) is 11.6. The quantitative estimate of drug-likeness (QED) is 0.391. The van der Waals surface area contributed by atoms with Gasteiger partial charge in [-0.1, -0.05) is 54.2 Å². The number of hydrogen-bond acceptors (Lipinski definition) is 4. The van der Waals surface area contributed by atoms with E-state index in [2.05, 4.69) is 22.1 Å². The van der Waals surface area contributed by atoms with Gasteiger partial charge in [-0.25, -0.2) is 9.78 Å². The smallest absolute Gasteiger partial charge is 0.410 e. The summed E-state index contributed by atoms with van der Waals surface area (Å²) in [5.74, 6) is 0.879. The van der Waals surface area contributed by atoms with Crippen LogP contribution in [0.25, 0.3) is 11.0 Å². The molecule has 0 spiro atoms. The van der Waals surface area contributed by atoms with Gasteiger partial charge in [0.25, 0.3) is 0 Å². The van der Waals surface area contributed by atoms with Crippen LogP contribution in [0.3, 0.4) is 0 Å². The van der Waals surface area contributed by atoms with Gasteiger partial charge in [0.2, 0.25) is 0 Å². The lowest BCUT2D eigenvalue weighted by molar-refractivity contribution is 0.0252. The minimum absolute atomic E-state index is 0.248. The van der Waals surface area contributed by atoms with Gasteiger partial charge in [0, 0.05) is 18.8 Å². The fourth-order valence-electron chi connectivity index (χ4n) is 2.95. The van der Waals surface area contributed by atoms with Crippen molar-refractivity contribution in [3.63, 3.8) is 0 Å². The highest BCUT2D eigenvalue weighted by Gasteiger charge is 2.21. The van der Waals surface area contributed by atoms with Crippen LogP contribution in [-0.2, 0) is 11.2 Å². The lowest BCUT2D eigenvalue weighted by Gasteiger charge is -2.27. The molecule has 0 saturated carbocycles. The van der Waals surface area contributed by atoms with Crippen molar-refractivity contribution in [1.82, 2.24) is 14.9 Å². The molecule has 5 nitrogen and oxygen atoms in total. The zero-order valence-corrected chi connectivity index (χ0v) is 18.2. The molecule has 0 atom stereocenters. The van der Waals surface area contributed by atoms with E-state index in [0.717, 1.165) is 34.8 Å². The summed E-state index contributed by atoms with van der Waals surface area (Å²) in [6, 6.07) is 18.3. The predicted octanol–water partition coefficient (Wildman–Crippen LogP) is 5.52. The summed E-state index contributed by atoms with van der Waals surface area (Å²) in [5, 5.41) is 0.916. The zero-order chi connectivity index (χ0) is 20.7. The molecule has 1 heterocycles. The topological polar surface area (TPSA) is 58.2 Å². The number of carbonyl (C=O) groups excluding carboxylic acids is 1. The summed E-state index contributed by atoms with van der Waals surface area (Å²) >= 11 is 1.68. The fourth-order valence-corrected chi connectivity index (χ4v) is 3.76. The first-order valence-corrected chi connectivity index (χ1v) is 11.0. The van der Waals surface area contributed by atoms with Crippen molar-refractivity contribution in [3.8, 4) is 0 Å². The molecule has 0 aliphatic rings. The molecule has 1 aromatic heterocycles. The fraction of sp³-hybridized carbons (Fsp3) is 0.391. The average Bonchev–Trinajstić information content (AvgIpc) is 3.09. The Morgan fingerprint density at radius 3 is 2.52 bits per heavy atom. The minimum Gasteiger partial charge on any atom is -0.444 e. The van der Waals surface area contributed by atoms with Gasteiger partial charge in [0.15, 0.2) is 5.16 Å². The Bertz CT molecular complexity index is 886. The van der Waals surface area contributed by atoms with Crippen LogP contribution in [0.5, 0.6) is 0 Å². The van der Waals surface area contributed by atoms with Crippen molar-refractivity contribution < 1.29 is 9.53 Å². The average molecular weight is 412 g/mol. The lowest BCUT2D eigenvalue weighted by atomic mass is 10.1. The standard InChI is InChI=1S/C23H29N3O2S/c1-23(2,3)28-22(27)26(16-14-18-10-5-4-6-11-18)15-9-17-29-21-24-19-12-7-8-13-20(19)25-21/h4-8,10-13H,9,14-17H2,1-3H3,(H,24,25). The number of rotatable bonds is 8. The molecule has 3 rings (SSSR count). The highest BCUT2D eigenvalue weighted by molar-refractivity contribution is 7.99. The number of amides is 1. The van der Waals surface area contributed by atoms with E-state index < -0.39 is 5.60 Å². The third kappa shape index (κ3) is 6.82. The Morgan fingerprint density at radius 1 is 1.07 bits per heavy atom. The molecule has 6 heteroatoms. The molecule has 154 valence electrons. The van der Waals surface area contributed by atoms with Crippen LogP contribution >= 0.6 is 11.8 Å². The molecule has 0 fully saturated rings. The van der Waals surface area contributed by atoms with Gasteiger partial charge in [0.1, 0.15) is 5.60 Å². The van der Waals surface area contributed by atoms with E-state index in [1.54, 1.807) is 11.8 Å². The number of H-pyrrole nitrogens is 1. The molecule has 2 aromatic carbocycles. The van der Waals surface area contributed by atoms with Crippen molar-refractivity contribution in [2.24, 2.45) is 0 Å². The van der Waals surface area contributed by atoms with Crippen LogP contribution in [0.1, 0.15) is 32.8 Å². The Hall–Kier alpha value is -2.47. The summed E-state index contributed by atoms with van der Waals surface area (Å²) in [6.07, 6.45) is 1.44. The summed E-state index contributed by atoms with van der Waals surface area (Å²) < 4.78 is 5.61. The second-order valence-electron chi connectivity index (χ2n) is 7.96. The van der Waals surface area contributed by atoms with E-state index in [0.29, 0.717) is 13.1 Å². The third-order valence-electron chi connectivity index (χ3n) is 4.34. The number of fused-ring (bicyclic) bond motifs is 1. The van der Waals surface area contributed by atoms with Crippen LogP contribution in [0.4, 0.5) is 4.79 Å². The van der Waals surface area contributed by atoms with E-state index >= 15 is 0 Å². The number of thioether (sulfide) groups is 1. The molecule has 3 aromatic rings. The van der Waals surface area contributed by atoms with Crippen LogP contribution in [0.15, 0.2) is 59.8 Å². The molecule has 1 amide bonds. The van der Waals surface area contributed by atoms with Crippen LogP contribution < -0.4 is 0 Å². The number of benzene rings is 2. The molecule has 1 N–H and O–H groups in total. The van der Waals surface area contributed by atoms with E-state index in [9.17, 15) is 4.79 Å². The first kappa shape index (κ1) is 21.2. The summed E-state index contributed by atoms with van der Waals surface area (Å²) in [7, 11) is 0. The second kappa shape index (κ2) is 9.83. The number of hydrogen-bond donors (Lipinski definition) is 1. The minimum atomic E-state index is -0.495. The van der Waals surface area contributed by atoms with Gasteiger partial charge < -0.3 is 14.6 Å². The molecule has 0 aliphatic heterocycles. The molecule has 0 saturated heterocycles. The van der Waals surface area contributed by atoms with Crippen LogP contribution in [0, 0.1) is 0 Å². The third-order valence-corrected chi connectivity index (χ3v) is 5.30. The van der Waals surface area contributed by atoms with Crippen molar-refractivity contribution in [2.75, 3.05) is 18.8 Å². The highest BCUT2D eigenvalue weighted by atomic mass is 32.2. The highest BCUT2D eigenvalue weighted by Crippen LogP contribution is 2.20.